The summed E-state index contributed by atoms with van der Waals surface area (Å²) in [6.07, 6.45) is 0.441. The van der Waals surface area contributed by atoms with E-state index in [1.54, 1.807) is 12.1 Å². The molecular formula is C13H19FN2O4S. The second kappa shape index (κ2) is 8.06. The van der Waals surface area contributed by atoms with E-state index in [0.717, 1.165) is 9.87 Å². The number of carbonyl (C=O) groups is 1. The molecule has 0 unspecified atom stereocenters. The van der Waals surface area contributed by atoms with Crippen molar-refractivity contribution in [1.82, 2.24) is 9.03 Å². The number of nitrogens with zero attached hydrogens (tertiary/aromatic N) is 1. The molecule has 0 saturated heterocycles. The summed E-state index contributed by atoms with van der Waals surface area (Å²) in [6.45, 7) is 0.231. The number of nitrogens with one attached hydrogen (secondary N) is 1. The minimum Gasteiger partial charge on any atom is -0.469 e. The van der Waals surface area contributed by atoms with Crippen molar-refractivity contribution in [3.05, 3.63) is 35.6 Å². The number of hydrogen-bond acceptors (Lipinski definition) is 4. The van der Waals surface area contributed by atoms with Crippen LogP contribution in [0.15, 0.2) is 24.3 Å². The lowest BCUT2D eigenvalue weighted by atomic mass is 10.1. The standard InChI is InChI=1S/C13H19FN2O4S/c1-16(10-8-13(17)20-2)21(18,19)15-9-7-11-3-5-12(14)6-4-11/h3-6,15H,7-10H2,1-2H3. The highest BCUT2D eigenvalue weighted by molar-refractivity contribution is 7.87. The summed E-state index contributed by atoms with van der Waals surface area (Å²) < 4.78 is 44.4. The monoisotopic (exact) mass is 318 g/mol. The molecule has 0 radical (unpaired) electrons. The Morgan fingerprint density at radius 2 is 1.95 bits per heavy atom. The Morgan fingerprint density at radius 3 is 2.52 bits per heavy atom. The first kappa shape index (κ1) is 17.5. The predicted molar refractivity (Wildman–Crippen MR) is 76.3 cm³/mol. The van der Waals surface area contributed by atoms with Crippen LogP contribution in [0.1, 0.15) is 12.0 Å². The van der Waals surface area contributed by atoms with Crippen molar-refractivity contribution in [2.45, 2.75) is 12.8 Å². The zero-order chi connectivity index (χ0) is 15.9. The van der Waals surface area contributed by atoms with Crippen LogP contribution < -0.4 is 4.72 Å². The van der Waals surface area contributed by atoms with E-state index in [-0.39, 0.29) is 25.3 Å². The second-order valence-electron chi connectivity index (χ2n) is 4.42. The number of halogens is 1. The maximum absolute atomic E-state index is 12.7. The number of hydrogen-bond donors (Lipinski definition) is 1. The molecule has 1 N–H and O–H groups in total. The molecule has 1 aromatic carbocycles. The highest BCUT2D eigenvalue weighted by Crippen LogP contribution is 2.03. The molecule has 0 aliphatic rings. The first-order chi connectivity index (χ1) is 9.85. The lowest BCUT2D eigenvalue weighted by molar-refractivity contribution is -0.140. The number of esters is 1. The SMILES string of the molecule is COC(=O)CCN(C)S(=O)(=O)NCCc1ccc(F)cc1. The Morgan fingerprint density at radius 1 is 1.33 bits per heavy atom. The molecule has 0 spiro atoms. The van der Waals surface area contributed by atoms with Crippen molar-refractivity contribution >= 4 is 16.2 Å². The highest BCUT2D eigenvalue weighted by Gasteiger charge is 2.17. The van der Waals surface area contributed by atoms with Crippen molar-refractivity contribution in [3.8, 4) is 0 Å². The van der Waals surface area contributed by atoms with E-state index in [2.05, 4.69) is 9.46 Å². The summed E-state index contributed by atoms with van der Waals surface area (Å²) in [7, 11) is -1.02. The molecule has 0 fully saturated rings. The van der Waals surface area contributed by atoms with Gasteiger partial charge in [0.2, 0.25) is 0 Å². The van der Waals surface area contributed by atoms with Crippen LogP contribution in [0.4, 0.5) is 4.39 Å². The maximum Gasteiger partial charge on any atom is 0.306 e. The molecule has 0 amide bonds. The maximum atomic E-state index is 12.7. The summed E-state index contributed by atoms with van der Waals surface area (Å²) in [5.41, 5.74) is 0.830. The molecule has 1 rings (SSSR count). The van der Waals surface area contributed by atoms with Gasteiger partial charge in [-0.2, -0.15) is 12.7 Å². The van der Waals surface area contributed by atoms with Gasteiger partial charge in [-0.3, -0.25) is 4.79 Å². The fourth-order valence-corrected chi connectivity index (χ4v) is 2.47. The van der Waals surface area contributed by atoms with Gasteiger partial charge in [-0.1, -0.05) is 12.1 Å². The first-order valence-electron chi connectivity index (χ1n) is 6.37. The minimum absolute atomic E-state index is 0.00806. The Labute approximate surface area is 124 Å². The normalized spacial score (nSPS) is 11.6. The van der Waals surface area contributed by atoms with Gasteiger partial charge >= 0.3 is 5.97 Å². The van der Waals surface area contributed by atoms with Crippen molar-refractivity contribution in [3.63, 3.8) is 0 Å². The Balaban J connectivity index is 2.41. The van der Waals surface area contributed by atoms with Crippen LogP contribution in [0.25, 0.3) is 0 Å². The molecule has 6 nitrogen and oxygen atoms in total. The summed E-state index contributed by atoms with van der Waals surface area (Å²) in [5.74, 6) is -0.801. The van der Waals surface area contributed by atoms with Crippen molar-refractivity contribution < 1.29 is 22.3 Å². The molecule has 0 heterocycles. The molecule has 0 saturated carbocycles. The predicted octanol–water partition coefficient (Wildman–Crippen LogP) is 0.697. The lowest BCUT2D eigenvalue weighted by Gasteiger charge is -2.17. The third kappa shape index (κ3) is 6.19. The molecule has 0 aromatic heterocycles. The van der Waals surface area contributed by atoms with Gasteiger partial charge in [0.05, 0.1) is 13.5 Å². The lowest BCUT2D eigenvalue weighted by Crippen LogP contribution is -2.40. The van der Waals surface area contributed by atoms with Crippen LogP contribution in [0.2, 0.25) is 0 Å². The van der Waals surface area contributed by atoms with Gasteiger partial charge in [-0.25, -0.2) is 9.11 Å². The largest absolute Gasteiger partial charge is 0.469 e. The summed E-state index contributed by atoms with van der Waals surface area (Å²) in [6, 6.07) is 5.85. The molecule has 8 heteroatoms. The number of benzene rings is 1. The number of methoxy groups -OCH3 is 1. The van der Waals surface area contributed by atoms with Crippen LogP contribution in [0.5, 0.6) is 0 Å². The molecule has 1 aromatic rings. The second-order valence-corrected chi connectivity index (χ2v) is 6.29. The average Bonchev–Trinajstić information content (AvgIpc) is 2.46. The fraction of sp³-hybridized carbons (Fsp3) is 0.462. The molecule has 21 heavy (non-hydrogen) atoms. The van der Waals surface area contributed by atoms with E-state index in [1.807, 2.05) is 0 Å². The summed E-state index contributed by atoms with van der Waals surface area (Å²) >= 11 is 0. The molecule has 0 bridgehead atoms. The van der Waals surface area contributed by atoms with Gasteiger partial charge < -0.3 is 4.74 Å². The van der Waals surface area contributed by atoms with Gasteiger partial charge in [0.1, 0.15) is 5.82 Å². The van der Waals surface area contributed by atoms with E-state index in [1.165, 1.54) is 26.3 Å². The van der Waals surface area contributed by atoms with Gasteiger partial charge in [0, 0.05) is 20.1 Å². The summed E-state index contributed by atoms with van der Waals surface area (Å²) in [5, 5.41) is 0. The van der Waals surface area contributed by atoms with Crippen molar-refractivity contribution in [1.29, 1.82) is 0 Å². The van der Waals surface area contributed by atoms with Crippen LogP contribution >= 0.6 is 0 Å². The average molecular weight is 318 g/mol. The van der Waals surface area contributed by atoms with Crippen LogP contribution in [-0.2, 0) is 26.2 Å². The first-order valence-corrected chi connectivity index (χ1v) is 7.81. The van der Waals surface area contributed by atoms with E-state index < -0.39 is 16.2 Å². The molecule has 0 atom stereocenters. The quantitative estimate of drug-likeness (QED) is 0.716. The van der Waals surface area contributed by atoms with Crippen LogP contribution in [0, 0.1) is 5.82 Å². The fourth-order valence-electron chi connectivity index (χ4n) is 1.56. The van der Waals surface area contributed by atoms with E-state index in [9.17, 15) is 17.6 Å². The zero-order valence-electron chi connectivity index (χ0n) is 12.0. The minimum atomic E-state index is -3.64. The van der Waals surface area contributed by atoms with Crippen LogP contribution in [0.3, 0.4) is 0 Å². The van der Waals surface area contributed by atoms with Crippen molar-refractivity contribution in [2.75, 3.05) is 27.2 Å². The van der Waals surface area contributed by atoms with Gasteiger partial charge in [-0.05, 0) is 24.1 Å². The Bertz CT molecular complexity index is 560. The van der Waals surface area contributed by atoms with Gasteiger partial charge in [0.15, 0.2) is 0 Å². The number of carbonyl (C=O) groups excluding carboxylic acids is 1. The van der Waals surface area contributed by atoms with E-state index >= 15 is 0 Å². The third-order valence-corrected chi connectivity index (χ3v) is 4.45. The van der Waals surface area contributed by atoms with E-state index in [4.69, 9.17) is 0 Å². The summed E-state index contributed by atoms with van der Waals surface area (Å²) in [4.78, 5) is 11.0. The van der Waals surface area contributed by atoms with Gasteiger partial charge in [0.25, 0.3) is 10.2 Å². The molecule has 0 aliphatic heterocycles. The zero-order valence-corrected chi connectivity index (χ0v) is 12.8. The Hall–Kier alpha value is -1.51. The molecule has 118 valence electrons. The topological polar surface area (TPSA) is 75.7 Å². The van der Waals surface area contributed by atoms with Crippen molar-refractivity contribution in [2.24, 2.45) is 0 Å². The molecule has 0 aliphatic carbocycles. The van der Waals surface area contributed by atoms with Crippen LogP contribution in [-0.4, -0.2) is 45.9 Å². The molecular weight excluding hydrogens is 299 g/mol. The Kier molecular flexibility index (Phi) is 6.73. The number of rotatable bonds is 8. The number of ether oxygens (including phenoxy) is 1. The van der Waals surface area contributed by atoms with Gasteiger partial charge in [-0.15, -0.1) is 0 Å². The smallest absolute Gasteiger partial charge is 0.306 e. The van der Waals surface area contributed by atoms with E-state index in [0.29, 0.717) is 6.42 Å². The highest BCUT2D eigenvalue weighted by atomic mass is 32.2. The third-order valence-electron chi connectivity index (χ3n) is 2.88.